The van der Waals surface area contributed by atoms with Gasteiger partial charge in [-0.1, -0.05) is 12.1 Å². The van der Waals surface area contributed by atoms with Gasteiger partial charge in [0.1, 0.15) is 22.3 Å². The van der Waals surface area contributed by atoms with Gasteiger partial charge in [-0.25, -0.2) is 8.78 Å². The molecule has 1 amide bonds. The van der Waals surface area contributed by atoms with E-state index in [0.717, 1.165) is 25.7 Å². The average Bonchev–Trinajstić information content (AvgIpc) is 3.37. The number of carbonyl (C=O) groups is 1. The summed E-state index contributed by atoms with van der Waals surface area (Å²) in [6.07, 6.45) is 3.35. The summed E-state index contributed by atoms with van der Waals surface area (Å²) in [5, 5.41) is 24.7. The second kappa shape index (κ2) is 10.6. The summed E-state index contributed by atoms with van der Waals surface area (Å²) in [5.74, 6) is -1.36. The van der Waals surface area contributed by atoms with E-state index >= 15 is 4.39 Å². The molecule has 1 aromatic heterocycles. The molecule has 42 heavy (non-hydrogen) atoms. The first-order chi connectivity index (χ1) is 19.9. The van der Waals surface area contributed by atoms with Crippen LogP contribution in [-0.2, 0) is 6.54 Å². The molecule has 0 saturated carbocycles. The highest BCUT2D eigenvalue weighted by Gasteiger charge is 2.42. The van der Waals surface area contributed by atoms with E-state index in [0.29, 0.717) is 37.8 Å². The lowest BCUT2D eigenvalue weighted by Gasteiger charge is -2.38. The van der Waals surface area contributed by atoms with E-state index in [1.165, 1.54) is 18.2 Å². The first-order valence-electron chi connectivity index (χ1n) is 13.9. The lowest BCUT2D eigenvalue weighted by Crippen LogP contribution is -2.50. The summed E-state index contributed by atoms with van der Waals surface area (Å²) >= 11 is 3.47. The molecule has 0 unspecified atom stereocenters. The molecule has 2 aliphatic rings. The molecule has 2 bridgehead atoms. The first kappa shape index (κ1) is 28.5. The smallest absolute Gasteiger partial charge is 0.254 e. The van der Waals surface area contributed by atoms with Crippen molar-refractivity contribution in [1.29, 1.82) is 5.26 Å². The number of fused-ring (bicyclic) bond motifs is 3. The van der Waals surface area contributed by atoms with Gasteiger partial charge in [-0.15, -0.1) is 0 Å². The molecule has 3 heterocycles. The van der Waals surface area contributed by atoms with Crippen molar-refractivity contribution in [2.24, 2.45) is 5.73 Å². The second-order valence-corrected chi connectivity index (χ2v) is 12.8. The monoisotopic (exact) mass is 633 g/mol. The fraction of sp³-hybridized carbons (Fsp3) is 0.344. The molecule has 2 fully saturated rings. The SMILES string of the molecule is CC(C)(O)Cn1nc(Br)c2cc(-c3ccc(C(=O)N4[C@@H]5CC[C@H]4C[C@@H](N)C5)cc3-c3ccc(C#N)c(F)c3)c(F)cc21. The molecule has 3 N–H and O–H groups in total. The number of aliphatic hydroxyl groups is 1. The molecule has 216 valence electrons. The third-order valence-corrected chi connectivity index (χ3v) is 8.88. The van der Waals surface area contributed by atoms with Crippen molar-refractivity contribution in [2.75, 3.05) is 0 Å². The van der Waals surface area contributed by atoms with Crippen molar-refractivity contribution >= 4 is 32.7 Å². The van der Waals surface area contributed by atoms with Crippen molar-refractivity contribution in [3.05, 3.63) is 75.9 Å². The van der Waals surface area contributed by atoms with Crippen LogP contribution in [0, 0.1) is 23.0 Å². The number of benzene rings is 3. The minimum atomic E-state index is -1.07. The second-order valence-electron chi connectivity index (χ2n) is 12.0. The van der Waals surface area contributed by atoms with Crippen LogP contribution in [0.2, 0.25) is 0 Å². The van der Waals surface area contributed by atoms with Crippen LogP contribution in [-0.4, -0.2) is 49.4 Å². The Labute approximate surface area is 250 Å². The Morgan fingerprint density at radius 2 is 1.79 bits per heavy atom. The van der Waals surface area contributed by atoms with E-state index in [9.17, 15) is 19.6 Å². The van der Waals surface area contributed by atoms with Gasteiger partial charge >= 0.3 is 0 Å². The molecular formula is C32H30BrF2N5O2. The lowest BCUT2D eigenvalue weighted by molar-refractivity contribution is 0.0572. The highest BCUT2D eigenvalue weighted by molar-refractivity contribution is 9.10. The van der Waals surface area contributed by atoms with Gasteiger partial charge in [0.15, 0.2) is 0 Å². The van der Waals surface area contributed by atoms with Crippen molar-refractivity contribution in [3.63, 3.8) is 0 Å². The molecule has 0 spiro atoms. The van der Waals surface area contributed by atoms with E-state index in [-0.39, 0.29) is 41.7 Å². The Kier molecular flexibility index (Phi) is 7.16. The van der Waals surface area contributed by atoms with E-state index < -0.39 is 17.2 Å². The number of nitrogens with zero attached hydrogens (tertiary/aromatic N) is 4. The zero-order valence-corrected chi connectivity index (χ0v) is 24.8. The van der Waals surface area contributed by atoms with Crippen LogP contribution in [0.4, 0.5) is 8.78 Å². The van der Waals surface area contributed by atoms with Crippen molar-refractivity contribution in [2.45, 2.75) is 69.8 Å². The molecule has 4 aromatic rings. The summed E-state index contributed by atoms with van der Waals surface area (Å²) < 4.78 is 32.8. The predicted octanol–water partition coefficient (Wildman–Crippen LogP) is 6.15. The number of hydrogen-bond acceptors (Lipinski definition) is 5. The van der Waals surface area contributed by atoms with Crippen LogP contribution in [0.15, 0.2) is 53.1 Å². The van der Waals surface area contributed by atoms with Crippen LogP contribution in [0.3, 0.4) is 0 Å². The van der Waals surface area contributed by atoms with Crippen molar-refractivity contribution < 1.29 is 18.7 Å². The largest absolute Gasteiger partial charge is 0.389 e. The van der Waals surface area contributed by atoms with Gasteiger partial charge in [-0.05, 0) is 102 Å². The lowest BCUT2D eigenvalue weighted by atomic mass is 9.90. The number of amides is 1. The Balaban J connectivity index is 1.49. The molecule has 0 aliphatic carbocycles. The molecule has 2 saturated heterocycles. The van der Waals surface area contributed by atoms with Crippen LogP contribution < -0.4 is 5.73 Å². The maximum atomic E-state index is 15.9. The van der Waals surface area contributed by atoms with Gasteiger partial charge in [0.25, 0.3) is 5.91 Å². The summed E-state index contributed by atoms with van der Waals surface area (Å²) in [4.78, 5) is 15.8. The number of nitriles is 1. The fourth-order valence-electron chi connectivity index (χ4n) is 6.47. The number of piperidine rings is 1. The molecule has 3 aromatic carbocycles. The third kappa shape index (κ3) is 5.10. The Morgan fingerprint density at radius 1 is 1.07 bits per heavy atom. The van der Waals surface area contributed by atoms with Crippen LogP contribution >= 0.6 is 15.9 Å². The summed E-state index contributed by atoms with van der Waals surface area (Å²) in [7, 11) is 0. The van der Waals surface area contributed by atoms with Crippen LogP contribution in [0.1, 0.15) is 55.5 Å². The maximum absolute atomic E-state index is 15.9. The quantitative estimate of drug-likeness (QED) is 0.274. The minimum absolute atomic E-state index is 0.0798. The molecule has 0 radical (unpaired) electrons. The molecule has 2 aliphatic heterocycles. The summed E-state index contributed by atoms with van der Waals surface area (Å²) in [5.41, 5.74) is 7.55. The van der Waals surface area contributed by atoms with Gasteiger partial charge in [0.05, 0.1) is 23.2 Å². The summed E-state index contributed by atoms with van der Waals surface area (Å²) in [6.45, 7) is 3.45. The van der Waals surface area contributed by atoms with Crippen LogP contribution in [0.5, 0.6) is 0 Å². The van der Waals surface area contributed by atoms with Gasteiger partial charge in [0, 0.05) is 40.7 Å². The molecule has 10 heteroatoms. The van der Waals surface area contributed by atoms with Gasteiger partial charge in [-0.2, -0.15) is 10.4 Å². The zero-order valence-electron chi connectivity index (χ0n) is 23.2. The molecule has 7 nitrogen and oxygen atoms in total. The zero-order chi connectivity index (χ0) is 29.9. The highest BCUT2D eigenvalue weighted by atomic mass is 79.9. The Morgan fingerprint density at radius 3 is 2.43 bits per heavy atom. The summed E-state index contributed by atoms with van der Waals surface area (Å²) in [6, 6.07) is 14.4. The molecule has 6 rings (SSSR count). The third-order valence-electron chi connectivity index (χ3n) is 8.29. The minimum Gasteiger partial charge on any atom is -0.389 e. The average molecular weight is 635 g/mol. The molecular weight excluding hydrogens is 604 g/mol. The van der Waals surface area contributed by atoms with E-state index in [2.05, 4.69) is 21.0 Å². The highest BCUT2D eigenvalue weighted by Crippen LogP contribution is 2.40. The Bertz CT molecular complexity index is 1760. The number of carbonyl (C=O) groups excluding carboxylic acids is 1. The number of rotatable bonds is 5. The van der Waals surface area contributed by atoms with E-state index in [4.69, 9.17) is 5.73 Å². The standard InChI is InChI=1S/C32H30BrF2N5O2/c1-32(2,42)16-39-29-14-28(35)25(13-26(29)30(33)38-39)23-8-5-18(9-24(23)17-3-4-19(15-36)27(34)10-17)31(41)40-21-6-7-22(40)12-20(37)11-21/h3-5,8-10,13-14,20-22,42H,6-7,11-12,16,37H2,1-2H3/t20-,21+,22-. The topological polar surface area (TPSA) is 108 Å². The first-order valence-corrected chi connectivity index (χ1v) is 14.7. The van der Waals surface area contributed by atoms with Crippen molar-refractivity contribution in [1.82, 2.24) is 14.7 Å². The van der Waals surface area contributed by atoms with Gasteiger partial charge in [-0.3, -0.25) is 9.48 Å². The van der Waals surface area contributed by atoms with Crippen LogP contribution in [0.25, 0.3) is 33.2 Å². The van der Waals surface area contributed by atoms with Gasteiger partial charge < -0.3 is 15.7 Å². The maximum Gasteiger partial charge on any atom is 0.254 e. The normalized spacial score (nSPS) is 20.2. The molecule has 3 atom stereocenters. The Hall–Kier alpha value is -3.65. The van der Waals surface area contributed by atoms with E-state index in [1.807, 2.05) is 11.0 Å². The van der Waals surface area contributed by atoms with Gasteiger partial charge in [0.2, 0.25) is 0 Å². The number of halogens is 3. The number of aromatic nitrogens is 2. The van der Waals surface area contributed by atoms with E-state index in [1.54, 1.807) is 48.9 Å². The van der Waals surface area contributed by atoms with Crippen molar-refractivity contribution in [3.8, 4) is 28.3 Å². The fourth-order valence-corrected chi connectivity index (χ4v) is 6.98. The predicted molar refractivity (Wildman–Crippen MR) is 159 cm³/mol. The number of hydrogen-bond donors (Lipinski definition) is 2. The number of nitrogens with two attached hydrogens (primary N) is 1.